The molecule has 1 atom stereocenters. The molecule has 0 heterocycles. The monoisotopic (exact) mass is 1000 g/mol. The Labute approximate surface area is 446 Å². The smallest absolute Gasteiger partial charge is 0.306 e. The molecule has 0 saturated heterocycles. The molecule has 0 amide bonds. The fraction of sp³-hybridized carbons (Fsp3) is 0.507. The van der Waals surface area contributed by atoms with Crippen LogP contribution in [-0.2, 0) is 28.6 Å². The van der Waals surface area contributed by atoms with Crippen molar-refractivity contribution < 1.29 is 28.6 Å². The Balaban J connectivity index is 4.63. The number of hydrogen-bond donors (Lipinski definition) is 0. The number of esters is 3. The van der Waals surface area contributed by atoms with Gasteiger partial charge in [0.25, 0.3) is 0 Å². The molecule has 0 aliphatic heterocycles. The van der Waals surface area contributed by atoms with Gasteiger partial charge in [0.2, 0.25) is 0 Å². The Hall–Kier alpha value is -5.49. The van der Waals surface area contributed by atoms with E-state index in [4.69, 9.17) is 14.2 Å². The molecule has 0 fully saturated rings. The van der Waals surface area contributed by atoms with Gasteiger partial charge in [-0.25, -0.2) is 0 Å². The SMILES string of the molecule is CC/C=C\C/C=C\C/C=C\C/C=C\C/C=C\C/C=C\CCCCC(=O)OCC(COC(=O)CCCC/C=C\C/C=C\C/C=C\C/C=C\CC)OC(=O)CCCCC/C=C\C/C=C\C/C=C\C/C=C\C/C=C\CC. The predicted octanol–water partition coefficient (Wildman–Crippen LogP) is 19.3. The van der Waals surface area contributed by atoms with Crippen molar-refractivity contribution in [3.63, 3.8) is 0 Å². The zero-order valence-electron chi connectivity index (χ0n) is 46.1. The molecular weight excluding hydrogens is 901 g/mol. The fourth-order valence-corrected chi connectivity index (χ4v) is 6.75. The maximum atomic E-state index is 12.9. The molecule has 0 bridgehead atoms. The Morgan fingerprint density at radius 3 is 0.767 bits per heavy atom. The van der Waals surface area contributed by atoms with Gasteiger partial charge in [-0.3, -0.25) is 14.4 Å². The number of allylic oxidation sites excluding steroid dienone is 30. The maximum absolute atomic E-state index is 12.9. The van der Waals surface area contributed by atoms with Gasteiger partial charge >= 0.3 is 17.9 Å². The van der Waals surface area contributed by atoms with Crippen LogP contribution in [0.4, 0.5) is 0 Å². The molecule has 0 N–H and O–H groups in total. The standard InChI is InChI=1S/C67H100O6/c1-4-7-10-13-16-19-22-25-28-30-32-33-35-36-39-42-45-48-51-54-57-60-66(69)72-63-64(62-71-65(68)59-56-53-50-47-44-41-38-27-24-21-18-15-12-9-6-3)73-67(70)61-58-55-52-49-46-43-40-37-34-31-29-26-23-20-17-14-11-8-5-2/h7-12,16-21,25-29,32-34,36-39,43-48,64H,4-6,13-15,22-24,30-31,35,40-42,49-63H2,1-3H3/b10-7-,11-8-,12-9-,19-16-,20-17-,21-18-,28-25-,29-26-,33-32-,37-34-,38-27-,39-36-,46-43-,47-44-,48-45-. The van der Waals surface area contributed by atoms with Crippen LogP contribution in [0.1, 0.15) is 201 Å². The molecule has 0 aliphatic rings. The molecule has 0 saturated carbocycles. The summed E-state index contributed by atoms with van der Waals surface area (Å²) in [4.78, 5) is 38.2. The van der Waals surface area contributed by atoms with E-state index in [-0.39, 0.29) is 50.4 Å². The van der Waals surface area contributed by atoms with Gasteiger partial charge in [0, 0.05) is 19.3 Å². The van der Waals surface area contributed by atoms with Gasteiger partial charge in [-0.2, -0.15) is 0 Å². The molecule has 6 heteroatoms. The molecule has 0 aromatic carbocycles. The molecule has 1 unspecified atom stereocenters. The van der Waals surface area contributed by atoms with Gasteiger partial charge in [0.1, 0.15) is 13.2 Å². The van der Waals surface area contributed by atoms with E-state index >= 15 is 0 Å². The lowest BCUT2D eigenvalue weighted by atomic mass is 10.1. The van der Waals surface area contributed by atoms with Crippen LogP contribution in [0.2, 0.25) is 0 Å². The van der Waals surface area contributed by atoms with Crippen LogP contribution in [0.25, 0.3) is 0 Å². The number of rotatable bonds is 48. The third kappa shape index (κ3) is 57.3. The molecule has 0 aromatic heterocycles. The Kier molecular flexibility index (Phi) is 54.6. The molecule has 6 nitrogen and oxygen atoms in total. The summed E-state index contributed by atoms with van der Waals surface area (Å²) in [6.07, 6.45) is 88.8. The molecule has 404 valence electrons. The van der Waals surface area contributed by atoms with E-state index < -0.39 is 6.10 Å². The summed E-state index contributed by atoms with van der Waals surface area (Å²) >= 11 is 0. The van der Waals surface area contributed by atoms with Crippen LogP contribution < -0.4 is 0 Å². The third-order valence-electron chi connectivity index (χ3n) is 10.9. The average molecular weight is 1000 g/mol. The average Bonchev–Trinajstić information content (AvgIpc) is 3.39. The van der Waals surface area contributed by atoms with E-state index in [9.17, 15) is 14.4 Å². The predicted molar refractivity (Wildman–Crippen MR) is 315 cm³/mol. The highest BCUT2D eigenvalue weighted by Gasteiger charge is 2.19. The number of unbranched alkanes of at least 4 members (excludes halogenated alkanes) is 7. The highest BCUT2D eigenvalue weighted by Crippen LogP contribution is 2.11. The Bertz CT molecular complexity index is 1770. The first-order valence-corrected chi connectivity index (χ1v) is 28.3. The van der Waals surface area contributed by atoms with E-state index in [1.54, 1.807) is 0 Å². The van der Waals surface area contributed by atoms with Crippen LogP contribution in [0.5, 0.6) is 0 Å². The number of hydrogen-bond acceptors (Lipinski definition) is 6. The first-order chi connectivity index (χ1) is 36.0. The lowest BCUT2D eigenvalue weighted by molar-refractivity contribution is -0.167. The van der Waals surface area contributed by atoms with Crippen LogP contribution in [0.3, 0.4) is 0 Å². The number of ether oxygens (including phenoxy) is 3. The lowest BCUT2D eigenvalue weighted by Crippen LogP contribution is -2.30. The molecule has 0 spiro atoms. The number of carbonyl (C=O) groups excluding carboxylic acids is 3. The zero-order chi connectivity index (χ0) is 52.9. The summed E-state index contributed by atoms with van der Waals surface area (Å²) in [6, 6.07) is 0. The highest BCUT2D eigenvalue weighted by atomic mass is 16.6. The first kappa shape index (κ1) is 67.5. The van der Waals surface area contributed by atoms with Crippen molar-refractivity contribution in [1.82, 2.24) is 0 Å². The van der Waals surface area contributed by atoms with Gasteiger partial charge in [-0.1, -0.05) is 209 Å². The molecule has 0 aromatic rings. The summed E-state index contributed by atoms with van der Waals surface area (Å²) < 4.78 is 16.8. The second kappa shape index (κ2) is 59.1. The van der Waals surface area contributed by atoms with Crippen molar-refractivity contribution >= 4 is 17.9 Å². The van der Waals surface area contributed by atoms with Crippen molar-refractivity contribution in [2.45, 2.75) is 207 Å². The van der Waals surface area contributed by atoms with Crippen LogP contribution >= 0.6 is 0 Å². The van der Waals surface area contributed by atoms with E-state index in [2.05, 4.69) is 203 Å². The molecule has 0 aliphatic carbocycles. The van der Waals surface area contributed by atoms with Gasteiger partial charge < -0.3 is 14.2 Å². The van der Waals surface area contributed by atoms with Crippen molar-refractivity contribution in [3.8, 4) is 0 Å². The van der Waals surface area contributed by atoms with Crippen molar-refractivity contribution in [2.24, 2.45) is 0 Å². The van der Waals surface area contributed by atoms with Gasteiger partial charge in [-0.15, -0.1) is 0 Å². The minimum atomic E-state index is -0.843. The summed E-state index contributed by atoms with van der Waals surface area (Å²) in [5, 5.41) is 0. The normalized spacial score (nSPS) is 13.5. The zero-order valence-corrected chi connectivity index (χ0v) is 46.1. The maximum Gasteiger partial charge on any atom is 0.306 e. The van der Waals surface area contributed by atoms with Crippen LogP contribution in [0, 0.1) is 0 Å². The van der Waals surface area contributed by atoms with Crippen molar-refractivity contribution in [1.29, 1.82) is 0 Å². The van der Waals surface area contributed by atoms with Gasteiger partial charge in [0.05, 0.1) is 0 Å². The second-order valence-corrected chi connectivity index (χ2v) is 17.7. The molecule has 0 radical (unpaired) electrons. The molecule has 73 heavy (non-hydrogen) atoms. The van der Waals surface area contributed by atoms with Gasteiger partial charge in [-0.05, 0) is 154 Å². The first-order valence-electron chi connectivity index (χ1n) is 28.3. The van der Waals surface area contributed by atoms with E-state index in [0.717, 1.165) is 141 Å². The molecule has 0 rings (SSSR count). The third-order valence-corrected chi connectivity index (χ3v) is 10.9. The number of carbonyl (C=O) groups is 3. The summed E-state index contributed by atoms with van der Waals surface area (Å²) in [5.41, 5.74) is 0. The largest absolute Gasteiger partial charge is 0.462 e. The van der Waals surface area contributed by atoms with E-state index in [1.807, 2.05) is 0 Å². The summed E-state index contributed by atoms with van der Waals surface area (Å²) in [6.45, 7) is 6.17. The Morgan fingerprint density at radius 2 is 0.493 bits per heavy atom. The summed E-state index contributed by atoms with van der Waals surface area (Å²) in [5.74, 6) is -1.07. The van der Waals surface area contributed by atoms with Crippen molar-refractivity contribution in [2.75, 3.05) is 13.2 Å². The minimum absolute atomic E-state index is 0.137. The van der Waals surface area contributed by atoms with Crippen LogP contribution in [0.15, 0.2) is 182 Å². The highest BCUT2D eigenvalue weighted by molar-refractivity contribution is 5.71. The lowest BCUT2D eigenvalue weighted by Gasteiger charge is -2.18. The topological polar surface area (TPSA) is 78.9 Å². The van der Waals surface area contributed by atoms with Gasteiger partial charge in [0.15, 0.2) is 6.10 Å². The van der Waals surface area contributed by atoms with E-state index in [0.29, 0.717) is 19.3 Å². The summed E-state index contributed by atoms with van der Waals surface area (Å²) in [7, 11) is 0. The minimum Gasteiger partial charge on any atom is -0.462 e. The Morgan fingerprint density at radius 1 is 0.274 bits per heavy atom. The second-order valence-electron chi connectivity index (χ2n) is 17.7. The quantitative estimate of drug-likeness (QED) is 0.0262. The van der Waals surface area contributed by atoms with E-state index in [1.165, 1.54) is 0 Å². The molecular formula is C67H100O6. The van der Waals surface area contributed by atoms with Crippen molar-refractivity contribution in [3.05, 3.63) is 182 Å². The fourth-order valence-electron chi connectivity index (χ4n) is 6.75. The van der Waals surface area contributed by atoms with Crippen LogP contribution in [-0.4, -0.2) is 37.2 Å².